The molecule has 5 rings (SSSR count). The van der Waals surface area contributed by atoms with Crippen molar-refractivity contribution in [2.24, 2.45) is 0 Å². The predicted octanol–water partition coefficient (Wildman–Crippen LogP) is 2.57. The van der Waals surface area contributed by atoms with Crippen LogP contribution >= 0.6 is 0 Å². The smallest absolute Gasteiger partial charge is 0.260 e. The fraction of sp³-hybridized carbons (Fsp3) is 0.345. The molecule has 1 aromatic heterocycles. The second-order valence-electron chi connectivity index (χ2n) is 9.96. The maximum atomic E-state index is 13.6. The van der Waals surface area contributed by atoms with Gasteiger partial charge in [0.1, 0.15) is 6.23 Å². The summed E-state index contributed by atoms with van der Waals surface area (Å²) in [7, 11) is 2.11. The van der Waals surface area contributed by atoms with Crippen LogP contribution in [0.2, 0.25) is 0 Å². The van der Waals surface area contributed by atoms with Gasteiger partial charge in [0.2, 0.25) is 0 Å². The van der Waals surface area contributed by atoms with Gasteiger partial charge in [-0.3, -0.25) is 19.5 Å². The molecule has 204 valence electrons. The van der Waals surface area contributed by atoms with Gasteiger partial charge in [-0.1, -0.05) is 6.07 Å². The number of piperazine rings is 1. The Morgan fingerprint density at radius 1 is 1.08 bits per heavy atom. The zero-order valence-corrected chi connectivity index (χ0v) is 22.4. The first-order valence-corrected chi connectivity index (χ1v) is 13.2. The number of morpholine rings is 1. The number of nitrogens with two attached hydrogens (primary N) is 1. The zero-order chi connectivity index (χ0) is 27.4. The molecule has 2 aliphatic rings. The molecule has 0 aliphatic carbocycles. The number of nitrogens with one attached hydrogen (secondary N) is 2. The summed E-state index contributed by atoms with van der Waals surface area (Å²) in [6, 6.07) is 14.5. The predicted molar refractivity (Wildman–Crippen MR) is 153 cm³/mol. The highest BCUT2D eigenvalue weighted by atomic mass is 16.5. The minimum Gasteiger partial charge on any atom is -0.398 e. The van der Waals surface area contributed by atoms with Crippen LogP contribution in [0, 0.1) is 6.92 Å². The Kier molecular flexibility index (Phi) is 8.06. The van der Waals surface area contributed by atoms with Crippen LogP contribution in [0.25, 0.3) is 0 Å². The number of rotatable bonds is 6. The molecule has 0 saturated carbocycles. The highest BCUT2D eigenvalue weighted by Crippen LogP contribution is 2.29. The van der Waals surface area contributed by atoms with Gasteiger partial charge in [0, 0.05) is 80.0 Å². The Hall–Kier alpha value is -3.99. The number of hydrogen-bond donors (Lipinski definition) is 3. The van der Waals surface area contributed by atoms with Gasteiger partial charge in [-0.2, -0.15) is 0 Å². The lowest BCUT2D eigenvalue weighted by molar-refractivity contribution is 0.0255. The number of aromatic nitrogens is 1. The van der Waals surface area contributed by atoms with Crippen molar-refractivity contribution >= 4 is 34.6 Å². The lowest BCUT2D eigenvalue weighted by atomic mass is 10.1. The van der Waals surface area contributed by atoms with Crippen molar-refractivity contribution in [3.05, 3.63) is 77.6 Å². The minimum absolute atomic E-state index is 0.212. The van der Waals surface area contributed by atoms with E-state index in [9.17, 15) is 9.59 Å². The summed E-state index contributed by atoms with van der Waals surface area (Å²) in [5, 5.41) is 6.32. The van der Waals surface area contributed by atoms with Gasteiger partial charge in [-0.05, 0) is 62.0 Å². The highest BCUT2D eigenvalue weighted by molar-refractivity contribution is 6.10. The number of benzene rings is 2. The molecule has 2 fully saturated rings. The number of anilines is 4. The van der Waals surface area contributed by atoms with Crippen LogP contribution in [0.4, 0.5) is 22.7 Å². The lowest BCUT2D eigenvalue weighted by Crippen LogP contribution is -2.52. The molecule has 0 spiro atoms. The molecule has 2 saturated heterocycles. The molecule has 10 heteroatoms. The third-order valence-corrected chi connectivity index (χ3v) is 7.24. The zero-order valence-electron chi connectivity index (χ0n) is 22.4. The first kappa shape index (κ1) is 26.6. The number of carbonyl (C=O) groups is 2. The topological polar surface area (TPSA) is 116 Å². The van der Waals surface area contributed by atoms with E-state index in [-0.39, 0.29) is 11.8 Å². The van der Waals surface area contributed by atoms with E-state index in [2.05, 4.69) is 32.5 Å². The second kappa shape index (κ2) is 11.8. The van der Waals surface area contributed by atoms with Crippen LogP contribution in [-0.4, -0.2) is 80.8 Å². The van der Waals surface area contributed by atoms with Crippen molar-refractivity contribution in [3.63, 3.8) is 0 Å². The molecular formula is C29H35N7O3. The van der Waals surface area contributed by atoms with Crippen LogP contribution in [-0.2, 0) is 4.74 Å². The standard InChI is InChI=1S/C29H35N7O3/c1-20-3-4-23(36(27-19-32-11-16-39-27)29(38)21-7-9-31-10-8-21)18-26(20)33-28(37)24-17-22(5-6-25(24)30)35-14-12-34(2)13-15-35/h3-10,17-18,27,32H,11-16,19,30H2,1-2H3,(H,33,37). The van der Waals surface area contributed by atoms with Crippen LogP contribution in [0.15, 0.2) is 60.9 Å². The molecule has 3 heterocycles. The Labute approximate surface area is 228 Å². The quantitative estimate of drug-likeness (QED) is 0.418. The van der Waals surface area contributed by atoms with Gasteiger partial charge < -0.3 is 30.9 Å². The van der Waals surface area contributed by atoms with E-state index in [0.717, 1.165) is 44.0 Å². The average molecular weight is 530 g/mol. The van der Waals surface area contributed by atoms with Gasteiger partial charge in [0.25, 0.3) is 11.8 Å². The SMILES string of the molecule is Cc1ccc(N(C(=O)c2ccncc2)C2CNCCO2)cc1NC(=O)c1cc(N2CCN(C)CC2)ccc1N. The summed E-state index contributed by atoms with van der Waals surface area (Å²) in [4.78, 5) is 37.3. The highest BCUT2D eigenvalue weighted by Gasteiger charge is 2.29. The van der Waals surface area contributed by atoms with E-state index in [4.69, 9.17) is 10.5 Å². The van der Waals surface area contributed by atoms with Crippen molar-refractivity contribution in [2.75, 3.05) is 73.8 Å². The van der Waals surface area contributed by atoms with Gasteiger partial charge in [0.05, 0.1) is 12.2 Å². The van der Waals surface area contributed by atoms with Crippen LogP contribution in [0.5, 0.6) is 0 Å². The van der Waals surface area contributed by atoms with Crippen LogP contribution in [0.3, 0.4) is 0 Å². The van der Waals surface area contributed by atoms with Gasteiger partial charge >= 0.3 is 0 Å². The number of nitrogens with zero attached hydrogens (tertiary/aromatic N) is 4. The third kappa shape index (κ3) is 6.03. The molecule has 0 bridgehead atoms. The molecule has 2 amide bonds. The molecule has 4 N–H and O–H groups in total. The third-order valence-electron chi connectivity index (χ3n) is 7.24. The second-order valence-corrected chi connectivity index (χ2v) is 9.96. The molecule has 0 radical (unpaired) electrons. The number of carbonyl (C=O) groups excluding carboxylic acids is 2. The van der Waals surface area contributed by atoms with Gasteiger partial charge in [-0.15, -0.1) is 0 Å². The summed E-state index contributed by atoms with van der Waals surface area (Å²) >= 11 is 0. The monoisotopic (exact) mass is 529 g/mol. The van der Waals surface area contributed by atoms with Crippen molar-refractivity contribution in [1.82, 2.24) is 15.2 Å². The first-order chi connectivity index (χ1) is 18.9. The maximum Gasteiger partial charge on any atom is 0.260 e. The van der Waals surface area contributed by atoms with Crippen molar-refractivity contribution in [3.8, 4) is 0 Å². The lowest BCUT2D eigenvalue weighted by Gasteiger charge is -2.35. The fourth-order valence-electron chi connectivity index (χ4n) is 4.85. The first-order valence-electron chi connectivity index (χ1n) is 13.2. The number of likely N-dealkylation sites (N-methyl/N-ethyl adjacent to an activating group) is 1. The Morgan fingerprint density at radius 2 is 1.85 bits per heavy atom. The van der Waals surface area contributed by atoms with E-state index >= 15 is 0 Å². The van der Waals surface area contributed by atoms with Crippen LogP contribution in [0.1, 0.15) is 26.3 Å². The summed E-state index contributed by atoms with van der Waals surface area (Å²) < 4.78 is 5.97. The molecule has 1 atom stereocenters. The molecule has 2 aromatic carbocycles. The number of nitrogen functional groups attached to an aromatic ring is 1. The Balaban J connectivity index is 1.42. The van der Waals surface area contributed by atoms with Crippen molar-refractivity contribution < 1.29 is 14.3 Å². The van der Waals surface area contributed by atoms with Gasteiger partial charge in [-0.25, -0.2) is 0 Å². The molecule has 10 nitrogen and oxygen atoms in total. The van der Waals surface area contributed by atoms with Crippen molar-refractivity contribution in [1.29, 1.82) is 0 Å². The fourth-order valence-corrected chi connectivity index (χ4v) is 4.85. The summed E-state index contributed by atoms with van der Waals surface area (Å²) in [6.07, 6.45) is 2.68. The number of hydrogen-bond acceptors (Lipinski definition) is 8. The van der Waals surface area contributed by atoms with Crippen LogP contribution < -0.4 is 26.2 Å². The largest absolute Gasteiger partial charge is 0.398 e. The van der Waals surface area contributed by atoms with E-state index in [1.165, 1.54) is 0 Å². The average Bonchev–Trinajstić information content (AvgIpc) is 2.96. The van der Waals surface area contributed by atoms with E-state index in [0.29, 0.717) is 41.3 Å². The number of amides is 2. The molecular weight excluding hydrogens is 494 g/mol. The minimum atomic E-state index is -0.499. The molecule has 2 aliphatic heterocycles. The Bertz CT molecular complexity index is 1320. The van der Waals surface area contributed by atoms with E-state index in [1.807, 2.05) is 37.3 Å². The normalized spacial score (nSPS) is 18.0. The summed E-state index contributed by atoms with van der Waals surface area (Å²) in [6.45, 7) is 7.32. The number of ether oxygens (including phenoxy) is 1. The molecule has 3 aromatic rings. The summed E-state index contributed by atoms with van der Waals surface area (Å²) in [5.74, 6) is -0.511. The van der Waals surface area contributed by atoms with Gasteiger partial charge in [0.15, 0.2) is 0 Å². The number of pyridine rings is 1. The maximum absolute atomic E-state index is 13.6. The number of aryl methyl sites for hydroxylation is 1. The van der Waals surface area contributed by atoms with E-state index < -0.39 is 6.23 Å². The Morgan fingerprint density at radius 3 is 2.56 bits per heavy atom. The van der Waals surface area contributed by atoms with Crippen molar-refractivity contribution in [2.45, 2.75) is 13.2 Å². The van der Waals surface area contributed by atoms with E-state index in [1.54, 1.807) is 35.5 Å². The molecule has 1 unspecified atom stereocenters. The summed E-state index contributed by atoms with van der Waals surface area (Å²) in [5.41, 5.74) is 10.6. The molecule has 39 heavy (non-hydrogen) atoms.